The number of benzene rings is 1. The van der Waals surface area contributed by atoms with Gasteiger partial charge in [0, 0.05) is 51.4 Å². The summed E-state index contributed by atoms with van der Waals surface area (Å²) < 4.78 is 7.19. The third-order valence-electron chi connectivity index (χ3n) is 5.58. The molecule has 2 aromatic heterocycles. The fourth-order valence-corrected chi connectivity index (χ4v) is 4.11. The van der Waals surface area contributed by atoms with E-state index in [0.717, 1.165) is 45.7 Å². The Hall–Kier alpha value is -2.10. The van der Waals surface area contributed by atoms with Gasteiger partial charge in [-0.05, 0) is 38.2 Å². The molecule has 1 saturated heterocycles. The van der Waals surface area contributed by atoms with Crippen LogP contribution in [-0.2, 0) is 7.05 Å². The molecule has 1 aliphatic heterocycles. The van der Waals surface area contributed by atoms with Gasteiger partial charge in [0.05, 0.1) is 10.0 Å². The van der Waals surface area contributed by atoms with Gasteiger partial charge in [-0.25, -0.2) is 4.98 Å². The highest BCUT2D eigenvalue weighted by molar-refractivity contribution is 6.37. The predicted molar refractivity (Wildman–Crippen MR) is 136 cm³/mol. The lowest BCUT2D eigenvalue weighted by Gasteiger charge is -2.32. The zero-order valence-corrected chi connectivity index (χ0v) is 20.9. The van der Waals surface area contributed by atoms with E-state index in [1.807, 2.05) is 0 Å². The Balaban J connectivity index is 0.00000306. The maximum absolute atomic E-state index is 12.8. The van der Waals surface area contributed by atoms with Gasteiger partial charge in [0.25, 0.3) is 5.56 Å². The number of nitrogens with zero attached hydrogens (tertiary/aromatic N) is 5. The van der Waals surface area contributed by atoms with Crippen LogP contribution < -0.4 is 15.6 Å². The zero-order chi connectivity index (χ0) is 22.7. The molecule has 33 heavy (non-hydrogen) atoms. The normalized spacial score (nSPS) is 14.8. The quantitative estimate of drug-likeness (QED) is 0.480. The molecule has 178 valence electrons. The van der Waals surface area contributed by atoms with Crippen LogP contribution in [0.25, 0.3) is 11.0 Å². The Kier molecular flexibility index (Phi) is 8.78. The number of aryl methyl sites for hydroxylation is 1. The third kappa shape index (κ3) is 6.07. The average Bonchev–Trinajstić information content (AvgIpc) is 2.78. The summed E-state index contributed by atoms with van der Waals surface area (Å²) in [6, 6.07) is 6.62. The average molecular weight is 514 g/mol. The minimum atomic E-state index is -0.340. The van der Waals surface area contributed by atoms with E-state index in [1.54, 1.807) is 37.5 Å². The van der Waals surface area contributed by atoms with Crippen molar-refractivity contribution in [3.05, 3.63) is 50.9 Å². The van der Waals surface area contributed by atoms with Crippen molar-refractivity contribution in [1.29, 1.82) is 0 Å². The fourth-order valence-electron chi connectivity index (χ4n) is 3.64. The summed E-state index contributed by atoms with van der Waals surface area (Å²) in [5.41, 5.74) is 0.178. The Bertz CT molecular complexity index is 1140. The molecular formula is C22H27Cl3N6O2. The van der Waals surface area contributed by atoms with Gasteiger partial charge < -0.3 is 19.9 Å². The van der Waals surface area contributed by atoms with E-state index in [2.05, 4.69) is 32.1 Å². The van der Waals surface area contributed by atoms with Crippen molar-refractivity contribution in [3.8, 4) is 11.5 Å². The zero-order valence-electron chi connectivity index (χ0n) is 18.6. The number of hydrogen-bond donors (Lipinski definition) is 1. The lowest BCUT2D eigenvalue weighted by Crippen LogP contribution is -2.44. The molecule has 0 aliphatic carbocycles. The van der Waals surface area contributed by atoms with Gasteiger partial charge in [-0.2, -0.15) is 4.98 Å². The van der Waals surface area contributed by atoms with Crippen LogP contribution >= 0.6 is 35.6 Å². The van der Waals surface area contributed by atoms with Crippen molar-refractivity contribution < 1.29 is 4.74 Å². The van der Waals surface area contributed by atoms with Gasteiger partial charge in [-0.15, -0.1) is 12.4 Å². The maximum atomic E-state index is 12.8. The van der Waals surface area contributed by atoms with E-state index in [4.69, 9.17) is 27.9 Å². The first-order chi connectivity index (χ1) is 15.4. The lowest BCUT2D eigenvalue weighted by atomic mass is 10.3. The Morgan fingerprint density at radius 3 is 2.52 bits per heavy atom. The van der Waals surface area contributed by atoms with Gasteiger partial charge in [0.15, 0.2) is 11.5 Å². The van der Waals surface area contributed by atoms with E-state index < -0.39 is 0 Å². The number of aromatic nitrogens is 3. The van der Waals surface area contributed by atoms with Crippen molar-refractivity contribution in [2.45, 2.75) is 6.42 Å². The van der Waals surface area contributed by atoms with Crippen molar-refractivity contribution in [1.82, 2.24) is 24.3 Å². The van der Waals surface area contributed by atoms with Crippen molar-refractivity contribution in [2.24, 2.45) is 7.05 Å². The largest absolute Gasteiger partial charge is 0.448 e. The Morgan fingerprint density at radius 1 is 1.12 bits per heavy atom. The van der Waals surface area contributed by atoms with E-state index in [-0.39, 0.29) is 29.5 Å². The van der Waals surface area contributed by atoms with Gasteiger partial charge in [-0.3, -0.25) is 9.36 Å². The number of fused-ring (bicyclic) bond motifs is 1. The smallest absolute Gasteiger partial charge is 0.294 e. The predicted octanol–water partition coefficient (Wildman–Crippen LogP) is 3.90. The number of ether oxygens (including phenoxy) is 1. The number of pyridine rings is 1. The van der Waals surface area contributed by atoms with Crippen molar-refractivity contribution in [3.63, 3.8) is 0 Å². The van der Waals surface area contributed by atoms with Crippen LogP contribution in [0.15, 0.2) is 35.3 Å². The standard InChI is InChI=1S/C22H26Cl2N6O2.ClH/c1-28-9-11-30(12-10-28)8-4-7-25-22-26-14-15-13-18(21(31)29(2)20(15)27-22)32-19-16(23)5-3-6-17(19)24;/h3,5-6,13-14H,4,7-12H2,1-2H3,(H,25,26,27);1H. The van der Waals surface area contributed by atoms with Gasteiger partial charge in [0.2, 0.25) is 5.95 Å². The first-order valence-corrected chi connectivity index (χ1v) is 11.3. The summed E-state index contributed by atoms with van der Waals surface area (Å²) in [6.45, 7) is 6.24. The summed E-state index contributed by atoms with van der Waals surface area (Å²) in [6.07, 6.45) is 2.67. The fraction of sp³-hybridized carbons (Fsp3) is 0.409. The molecule has 0 bridgehead atoms. The summed E-state index contributed by atoms with van der Waals surface area (Å²) in [5.74, 6) is 0.840. The first-order valence-electron chi connectivity index (χ1n) is 10.6. The SMILES string of the molecule is CN1CCN(CCCNc2ncc3cc(Oc4c(Cl)cccc4Cl)c(=O)n(C)c3n2)CC1.Cl. The number of rotatable bonds is 7. The molecule has 0 unspecified atom stereocenters. The molecule has 0 spiro atoms. The van der Waals surface area contributed by atoms with Crippen LogP contribution in [0.1, 0.15) is 6.42 Å². The number of hydrogen-bond acceptors (Lipinski definition) is 7. The topological polar surface area (TPSA) is 75.5 Å². The molecule has 0 radical (unpaired) electrons. The van der Waals surface area contributed by atoms with E-state index in [1.165, 1.54) is 4.57 Å². The molecule has 0 amide bonds. The van der Waals surface area contributed by atoms with Crippen LogP contribution in [0.2, 0.25) is 10.0 Å². The van der Waals surface area contributed by atoms with Gasteiger partial charge in [-0.1, -0.05) is 29.3 Å². The molecule has 11 heteroatoms. The lowest BCUT2D eigenvalue weighted by molar-refractivity contribution is 0.154. The second kappa shape index (κ2) is 11.4. The number of likely N-dealkylation sites (N-methyl/N-ethyl adjacent to an activating group) is 1. The van der Waals surface area contributed by atoms with Crippen LogP contribution in [0, 0.1) is 0 Å². The minimum absolute atomic E-state index is 0. The molecule has 0 atom stereocenters. The molecule has 3 aromatic rings. The summed E-state index contributed by atoms with van der Waals surface area (Å²) in [4.78, 5) is 26.6. The molecule has 4 rings (SSSR count). The maximum Gasteiger partial charge on any atom is 0.294 e. The molecule has 3 heterocycles. The van der Waals surface area contributed by atoms with E-state index in [0.29, 0.717) is 27.0 Å². The van der Waals surface area contributed by atoms with Gasteiger partial charge in [0.1, 0.15) is 5.65 Å². The van der Waals surface area contributed by atoms with Crippen molar-refractivity contribution in [2.75, 3.05) is 51.6 Å². The monoisotopic (exact) mass is 512 g/mol. The number of piperazine rings is 1. The van der Waals surface area contributed by atoms with Crippen LogP contribution in [0.5, 0.6) is 11.5 Å². The number of para-hydroxylation sites is 1. The first kappa shape index (κ1) is 25.5. The van der Waals surface area contributed by atoms with E-state index in [9.17, 15) is 4.79 Å². The third-order valence-corrected chi connectivity index (χ3v) is 6.17. The Morgan fingerprint density at radius 2 is 1.82 bits per heavy atom. The van der Waals surface area contributed by atoms with Crippen LogP contribution in [0.3, 0.4) is 0 Å². The summed E-state index contributed by atoms with van der Waals surface area (Å²) in [7, 11) is 3.81. The van der Waals surface area contributed by atoms with Crippen LogP contribution in [-0.4, -0.2) is 70.7 Å². The van der Waals surface area contributed by atoms with Crippen LogP contribution in [0.4, 0.5) is 5.95 Å². The molecule has 1 fully saturated rings. The summed E-state index contributed by atoms with van der Waals surface area (Å²) >= 11 is 12.3. The molecule has 1 aromatic carbocycles. The molecule has 1 aliphatic rings. The number of anilines is 1. The van der Waals surface area contributed by atoms with Crippen molar-refractivity contribution >= 4 is 52.6 Å². The van der Waals surface area contributed by atoms with Gasteiger partial charge >= 0.3 is 0 Å². The highest BCUT2D eigenvalue weighted by atomic mass is 35.5. The molecule has 0 saturated carbocycles. The molecule has 8 nitrogen and oxygen atoms in total. The highest BCUT2D eigenvalue weighted by Crippen LogP contribution is 2.35. The second-order valence-electron chi connectivity index (χ2n) is 7.92. The molecule has 1 N–H and O–H groups in total. The summed E-state index contributed by atoms with van der Waals surface area (Å²) in [5, 5.41) is 4.59. The van der Waals surface area contributed by atoms with E-state index >= 15 is 0 Å². The highest BCUT2D eigenvalue weighted by Gasteiger charge is 2.15. The minimum Gasteiger partial charge on any atom is -0.448 e. The number of halogens is 3. The molecular weight excluding hydrogens is 487 g/mol. The number of nitrogens with one attached hydrogen (secondary N) is 1. The Labute approximate surface area is 208 Å². The second-order valence-corrected chi connectivity index (χ2v) is 8.74.